The highest BCUT2D eigenvalue weighted by molar-refractivity contribution is 14.1. The van der Waals surface area contributed by atoms with Crippen molar-refractivity contribution >= 4 is 40.3 Å². The molecule has 0 spiro atoms. The van der Waals surface area contributed by atoms with Crippen LogP contribution in [0.15, 0.2) is 18.2 Å². The quantitative estimate of drug-likeness (QED) is 0.756. The fourth-order valence-electron chi connectivity index (χ4n) is 1.57. The van der Waals surface area contributed by atoms with E-state index in [0.717, 1.165) is 14.8 Å². The molecule has 6 heteroatoms. The van der Waals surface area contributed by atoms with Gasteiger partial charge in [-0.3, -0.25) is 4.79 Å². The number of hydrogen-bond acceptors (Lipinski definition) is 3. The second-order valence-corrected chi connectivity index (χ2v) is 6.93. The number of carbonyl (C=O) groups is 2. The molecule has 0 bridgehead atoms. The third-order valence-corrected chi connectivity index (χ3v) is 3.15. The maximum absolute atomic E-state index is 11.8. The highest BCUT2D eigenvalue weighted by atomic mass is 127. The molecular weight excluding hydrogens is 383 g/mol. The predicted molar refractivity (Wildman–Crippen MR) is 91.4 cm³/mol. The minimum Gasteiger partial charge on any atom is -0.444 e. The van der Waals surface area contributed by atoms with Crippen LogP contribution in [-0.4, -0.2) is 24.1 Å². The van der Waals surface area contributed by atoms with Gasteiger partial charge >= 0.3 is 6.09 Å². The Kier molecular flexibility index (Phi) is 6.44. The Morgan fingerprint density at radius 2 is 1.95 bits per heavy atom. The number of amides is 2. The minimum absolute atomic E-state index is 0.143. The second kappa shape index (κ2) is 7.63. The van der Waals surface area contributed by atoms with E-state index in [1.165, 1.54) is 0 Å². The molecule has 2 N–H and O–H groups in total. The van der Waals surface area contributed by atoms with Crippen LogP contribution < -0.4 is 10.6 Å². The molecule has 0 saturated heterocycles. The molecule has 1 aromatic carbocycles. The standard InChI is InChI=1S/C15H21IN2O3/c1-10-9-11(16)5-6-12(10)18-13(19)7-8-17-14(20)21-15(2,3)4/h5-6,9H,7-8H2,1-4H3,(H,17,20)(H,18,19). The first kappa shape index (κ1) is 17.7. The molecule has 0 aliphatic rings. The van der Waals surface area contributed by atoms with E-state index in [9.17, 15) is 9.59 Å². The summed E-state index contributed by atoms with van der Waals surface area (Å²) in [7, 11) is 0. The Balaban J connectivity index is 2.36. The van der Waals surface area contributed by atoms with Gasteiger partial charge in [-0.05, 0) is 74.0 Å². The first-order chi connectivity index (χ1) is 9.67. The van der Waals surface area contributed by atoms with Gasteiger partial charge in [0.1, 0.15) is 5.60 Å². The van der Waals surface area contributed by atoms with E-state index in [1.54, 1.807) is 20.8 Å². The summed E-state index contributed by atoms with van der Waals surface area (Å²) in [4.78, 5) is 23.2. The lowest BCUT2D eigenvalue weighted by molar-refractivity contribution is -0.116. The van der Waals surface area contributed by atoms with Crippen LogP contribution in [0, 0.1) is 10.5 Å². The zero-order valence-corrected chi connectivity index (χ0v) is 14.9. The minimum atomic E-state index is -0.537. The highest BCUT2D eigenvalue weighted by Gasteiger charge is 2.15. The lowest BCUT2D eigenvalue weighted by Gasteiger charge is -2.19. The fourth-order valence-corrected chi connectivity index (χ4v) is 2.22. The van der Waals surface area contributed by atoms with Gasteiger partial charge in [0.25, 0.3) is 0 Å². The topological polar surface area (TPSA) is 67.4 Å². The monoisotopic (exact) mass is 404 g/mol. The Bertz CT molecular complexity index is 524. The zero-order valence-electron chi connectivity index (χ0n) is 12.7. The second-order valence-electron chi connectivity index (χ2n) is 5.69. The van der Waals surface area contributed by atoms with Crippen LogP contribution in [0.25, 0.3) is 0 Å². The Hall–Kier alpha value is -1.31. The van der Waals surface area contributed by atoms with Crippen LogP contribution in [0.1, 0.15) is 32.8 Å². The number of halogens is 1. The van der Waals surface area contributed by atoms with Crippen molar-refractivity contribution < 1.29 is 14.3 Å². The number of alkyl carbamates (subject to hydrolysis) is 1. The molecule has 0 atom stereocenters. The van der Waals surface area contributed by atoms with Gasteiger partial charge in [0.2, 0.25) is 5.91 Å². The molecule has 0 unspecified atom stereocenters. The first-order valence-electron chi connectivity index (χ1n) is 6.70. The number of rotatable bonds is 4. The maximum Gasteiger partial charge on any atom is 0.407 e. The summed E-state index contributed by atoms with van der Waals surface area (Å²) in [6, 6.07) is 5.80. The number of carbonyl (C=O) groups excluding carboxylic acids is 2. The van der Waals surface area contributed by atoms with E-state index in [-0.39, 0.29) is 18.9 Å². The smallest absolute Gasteiger partial charge is 0.407 e. The molecule has 2 amide bonds. The summed E-state index contributed by atoms with van der Waals surface area (Å²) in [6.07, 6.45) is -0.314. The van der Waals surface area contributed by atoms with Crippen molar-refractivity contribution in [3.8, 4) is 0 Å². The van der Waals surface area contributed by atoms with E-state index in [2.05, 4.69) is 33.2 Å². The third kappa shape index (κ3) is 7.31. The van der Waals surface area contributed by atoms with Crippen molar-refractivity contribution in [2.75, 3.05) is 11.9 Å². The van der Waals surface area contributed by atoms with Crippen molar-refractivity contribution in [3.63, 3.8) is 0 Å². The van der Waals surface area contributed by atoms with E-state index >= 15 is 0 Å². The van der Waals surface area contributed by atoms with Gasteiger partial charge in [-0.15, -0.1) is 0 Å². The summed E-state index contributed by atoms with van der Waals surface area (Å²) in [5, 5.41) is 5.38. The summed E-state index contributed by atoms with van der Waals surface area (Å²) in [6.45, 7) is 7.55. The predicted octanol–water partition coefficient (Wildman–Crippen LogP) is 3.45. The molecule has 5 nitrogen and oxygen atoms in total. The lowest BCUT2D eigenvalue weighted by Crippen LogP contribution is -2.34. The van der Waals surface area contributed by atoms with Gasteiger partial charge in [-0.2, -0.15) is 0 Å². The molecular formula is C15H21IN2O3. The number of ether oxygens (including phenoxy) is 1. The van der Waals surface area contributed by atoms with Crippen molar-refractivity contribution in [2.24, 2.45) is 0 Å². The molecule has 0 heterocycles. The largest absolute Gasteiger partial charge is 0.444 e. The Morgan fingerprint density at radius 3 is 2.52 bits per heavy atom. The van der Waals surface area contributed by atoms with Gasteiger partial charge in [0.05, 0.1) is 0 Å². The summed E-state index contributed by atoms with van der Waals surface area (Å²) in [5.41, 5.74) is 1.26. The van der Waals surface area contributed by atoms with Gasteiger partial charge in [-0.1, -0.05) is 0 Å². The maximum atomic E-state index is 11.8. The molecule has 0 radical (unpaired) electrons. The molecule has 0 saturated carbocycles. The molecule has 21 heavy (non-hydrogen) atoms. The van der Waals surface area contributed by atoms with Crippen molar-refractivity contribution in [1.82, 2.24) is 5.32 Å². The lowest BCUT2D eigenvalue weighted by atomic mass is 10.2. The van der Waals surface area contributed by atoms with Crippen LogP contribution in [-0.2, 0) is 9.53 Å². The van der Waals surface area contributed by atoms with E-state index in [0.29, 0.717) is 0 Å². The van der Waals surface area contributed by atoms with Crippen molar-refractivity contribution in [2.45, 2.75) is 39.7 Å². The highest BCUT2D eigenvalue weighted by Crippen LogP contribution is 2.17. The first-order valence-corrected chi connectivity index (χ1v) is 7.78. The third-order valence-electron chi connectivity index (χ3n) is 2.48. The van der Waals surface area contributed by atoms with E-state index in [4.69, 9.17) is 4.74 Å². The average Bonchev–Trinajstić information content (AvgIpc) is 2.30. The number of benzene rings is 1. The summed E-state index contributed by atoms with van der Waals surface area (Å²) in [5.74, 6) is -0.143. The Morgan fingerprint density at radius 1 is 1.29 bits per heavy atom. The number of hydrogen-bond donors (Lipinski definition) is 2. The van der Waals surface area contributed by atoms with Crippen LogP contribution in [0.4, 0.5) is 10.5 Å². The van der Waals surface area contributed by atoms with Crippen LogP contribution in [0.2, 0.25) is 0 Å². The number of aryl methyl sites for hydroxylation is 1. The molecule has 0 aromatic heterocycles. The summed E-state index contributed by atoms with van der Waals surface area (Å²) >= 11 is 2.22. The van der Waals surface area contributed by atoms with Crippen molar-refractivity contribution in [1.29, 1.82) is 0 Å². The Labute approximate surface area is 139 Å². The van der Waals surface area contributed by atoms with Crippen LogP contribution in [0.5, 0.6) is 0 Å². The molecule has 1 rings (SSSR count). The molecule has 0 fully saturated rings. The molecule has 0 aliphatic heterocycles. The van der Waals surface area contributed by atoms with Gasteiger partial charge in [-0.25, -0.2) is 4.79 Å². The normalized spacial score (nSPS) is 10.9. The van der Waals surface area contributed by atoms with Gasteiger partial charge in [0, 0.05) is 22.2 Å². The number of nitrogens with one attached hydrogen (secondary N) is 2. The zero-order chi connectivity index (χ0) is 16.0. The number of anilines is 1. The fraction of sp³-hybridized carbons (Fsp3) is 0.467. The van der Waals surface area contributed by atoms with Crippen LogP contribution in [0.3, 0.4) is 0 Å². The van der Waals surface area contributed by atoms with Crippen molar-refractivity contribution in [3.05, 3.63) is 27.3 Å². The van der Waals surface area contributed by atoms with Gasteiger partial charge in [0.15, 0.2) is 0 Å². The van der Waals surface area contributed by atoms with Gasteiger partial charge < -0.3 is 15.4 Å². The average molecular weight is 404 g/mol. The van der Waals surface area contributed by atoms with E-state index in [1.807, 2.05) is 25.1 Å². The molecule has 1 aromatic rings. The van der Waals surface area contributed by atoms with E-state index < -0.39 is 11.7 Å². The van der Waals surface area contributed by atoms with Crippen LogP contribution >= 0.6 is 22.6 Å². The molecule has 0 aliphatic carbocycles. The molecule has 116 valence electrons. The SMILES string of the molecule is Cc1cc(I)ccc1NC(=O)CCNC(=O)OC(C)(C)C. The summed E-state index contributed by atoms with van der Waals surface area (Å²) < 4.78 is 6.21.